The molecule has 0 aliphatic carbocycles. The maximum Gasteiger partial charge on any atom is 0.268 e. The molecule has 0 atom stereocenters. The van der Waals surface area contributed by atoms with Gasteiger partial charge in [0.05, 0.1) is 16.7 Å². The average Bonchev–Trinajstić information content (AvgIpc) is 3.17. The summed E-state index contributed by atoms with van der Waals surface area (Å²) in [5, 5.41) is 7.27. The molecule has 0 saturated heterocycles. The van der Waals surface area contributed by atoms with E-state index in [0.717, 1.165) is 6.39 Å². The summed E-state index contributed by atoms with van der Waals surface area (Å²) in [4.78, 5) is 12.2. The standard InChI is InChI=1S/C15H13N3O5S/c1-9-7-22-10(2)13(9)14(19)18-24(20,21)12-5-3-4-11(6-12)15-17-16-8-23-15/h3-8H,1-2H3,(H,18,19). The van der Waals surface area contributed by atoms with Crippen molar-refractivity contribution in [3.8, 4) is 11.5 Å². The Morgan fingerprint density at radius 1 is 1.21 bits per heavy atom. The van der Waals surface area contributed by atoms with Crippen LogP contribution in [0.3, 0.4) is 0 Å². The van der Waals surface area contributed by atoms with Crippen molar-refractivity contribution in [2.45, 2.75) is 18.7 Å². The quantitative estimate of drug-likeness (QED) is 0.768. The van der Waals surface area contributed by atoms with Crippen molar-refractivity contribution in [3.05, 3.63) is 53.8 Å². The molecule has 9 heteroatoms. The first-order valence-corrected chi connectivity index (χ1v) is 8.35. The number of nitrogens with zero attached hydrogens (tertiary/aromatic N) is 2. The van der Waals surface area contributed by atoms with Crippen LogP contribution in [0, 0.1) is 13.8 Å². The van der Waals surface area contributed by atoms with Crippen molar-refractivity contribution < 1.29 is 22.0 Å². The van der Waals surface area contributed by atoms with Gasteiger partial charge >= 0.3 is 0 Å². The largest absolute Gasteiger partial charge is 0.469 e. The molecule has 24 heavy (non-hydrogen) atoms. The minimum absolute atomic E-state index is 0.0923. The Kier molecular flexibility index (Phi) is 3.94. The monoisotopic (exact) mass is 347 g/mol. The SMILES string of the molecule is Cc1coc(C)c1C(=O)NS(=O)(=O)c1cccc(-c2nnco2)c1. The van der Waals surface area contributed by atoms with Crippen LogP contribution >= 0.6 is 0 Å². The van der Waals surface area contributed by atoms with Crippen molar-refractivity contribution in [2.24, 2.45) is 0 Å². The molecule has 0 radical (unpaired) electrons. The summed E-state index contributed by atoms with van der Waals surface area (Å²) in [6.07, 6.45) is 2.54. The molecule has 8 nitrogen and oxygen atoms in total. The summed E-state index contributed by atoms with van der Waals surface area (Å²) in [6.45, 7) is 3.25. The lowest BCUT2D eigenvalue weighted by Gasteiger charge is -2.08. The van der Waals surface area contributed by atoms with Gasteiger partial charge in [-0.1, -0.05) is 6.07 Å². The molecule has 124 valence electrons. The summed E-state index contributed by atoms with van der Waals surface area (Å²) in [5.41, 5.74) is 1.19. The molecule has 2 heterocycles. The molecular weight excluding hydrogens is 334 g/mol. The molecule has 0 aliphatic rings. The van der Waals surface area contributed by atoms with Crippen LogP contribution in [0.25, 0.3) is 11.5 Å². The van der Waals surface area contributed by atoms with Gasteiger partial charge in [0.15, 0.2) is 0 Å². The number of carbonyl (C=O) groups is 1. The van der Waals surface area contributed by atoms with Crippen LogP contribution in [0.4, 0.5) is 0 Å². The van der Waals surface area contributed by atoms with Crippen LogP contribution in [0.1, 0.15) is 21.7 Å². The lowest BCUT2D eigenvalue weighted by Crippen LogP contribution is -2.31. The maximum atomic E-state index is 12.5. The number of sulfonamides is 1. The minimum atomic E-state index is -4.06. The lowest BCUT2D eigenvalue weighted by atomic mass is 10.2. The Hall–Kier alpha value is -2.94. The molecule has 3 aromatic rings. The Bertz CT molecular complexity index is 971. The van der Waals surface area contributed by atoms with E-state index in [0.29, 0.717) is 16.9 Å². The predicted molar refractivity (Wildman–Crippen MR) is 82.6 cm³/mol. The molecule has 0 aliphatic heterocycles. The van der Waals surface area contributed by atoms with Crippen LogP contribution in [0.2, 0.25) is 0 Å². The maximum absolute atomic E-state index is 12.5. The van der Waals surface area contributed by atoms with Gasteiger partial charge < -0.3 is 8.83 Å². The Morgan fingerprint density at radius 2 is 2.00 bits per heavy atom. The fourth-order valence-corrected chi connectivity index (χ4v) is 3.24. The number of rotatable bonds is 4. The normalized spacial score (nSPS) is 11.4. The van der Waals surface area contributed by atoms with Gasteiger partial charge in [-0.3, -0.25) is 4.79 Å². The molecule has 0 unspecified atom stereocenters. The first kappa shape index (κ1) is 15.9. The number of aromatic nitrogens is 2. The van der Waals surface area contributed by atoms with Crippen molar-refractivity contribution in [2.75, 3.05) is 0 Å². The van der Waals surface area contributed by atoms with Crippen LogP contribution in [0.15, 0.2) is 50.7 Å². The van der Waals surface area contributed by atoms with Gasteiger partial charge in [0.1, 0.15) is 5.76 Å². The summed E-state index contributed by atoms with van der Waals surface area (Å²) >= 11 is 0. The molecule has 1 amide bonds. The molecule has 0 spiro atoms. The van der Waals surface area contributed by atoms with Crippen LogP contribution in [0.5, 0.6) is 0 Å². The van der Waals surface area contributed by atoms with Crippen LogP contribution in [-0.2, 0) is 10.0 Å². The number of furan rings is 1. The molecule has 1 aromatic carbocycles. The first-order valence-electron chi connectivity index (χ1n) is 6.87. The third-order valence-electron chi connectivity index (χ3n) is 3.36. The summed E-state index contributed by atoms with van der Waals surface area (Å²) < 4.78 is 37.1. The zero-order valence-electron chi connectivity index (χ0n) is 12.8. The van der Waals surface area contributed by atoms with Crippen molar-refractivity contribution in [3.63, 3.8) is 0 Å². The van der Waals surface area contributed by atoms with Crippen LogP contribution < -0.4 is 4.72 Å². The molecule has 0 bridgehead atoms. The van der Waals surface area contributed by atoms with E-state index < -0.39 is 15.9 Å². The number of nitrogens with one attached hydrogen (secondary N) is 1. The van der Waals surface area contributed by atoms with E-state index in [4.69, 9.17) is 8.83 Å². The van der Waals surface area contributed by atoms with E-state index in [9.17, 15) is 13.2 Å². The van der Waals surface area contributed by atoms with E-state index >= 15 is 0 Å². The fraction of sp³-hybridized carbons (Fsp3) is 0.133. The average molecular weight is 347 g/mol. The van der Waals surface area contributed by atoms with E-state index in [1.165, 1.54) is 24.5 Å². The van der Waals surface area contributed by atoms with E-state index in [1.54, 1.807) is 19.9 Å². The third-order valence-corrected chi connectivity index (χ3v) is 4.69. The van der Waals surface area contributed by atoms with Gasteiger partial charge in [-0.05, 0) is 32.0 Å². The van der Waals surface area contributed by atoms with Gasteiger partial charge in [0.2, 0.25) is 12.3 Å². The Morgan fingerprint density at radius 3 is 2.62 bits per heavy atom. The summed E-state index contributed by atoms with van der Waals surface area (Å²) in [6, 6.07) is 5.86. The second-order valence-electron chi connectivity index (χ2n) is 5.06. The summed E-state index contributed by atoms with van der Waals surface area (Å²) in [5.74, 6) is -0.221. The highest BCUT2D eigenvalue weighted by atomic mass is 32.2. The highest BCUT2D eigenvalue weighted by Gasteiger charge is 2.23. The number of benzene rings is 1. The Balaban J connectivity index is 1.91. The van der Waals surface area contributed by atoms with Gasteiger partial charge in [-0.2, -0.15) is 0 Å². The lowest BCUT2D eigenvalue weighted by molar-refractivity contribution is 0.0979. The topological polar surface area (TPSA) is 115 Å². The van der Waals surface area contributed by atoms with Gasteiger partial charge in [0, 0.05) is 11.1 Å². The molecule has 1 N–H and O–H groups in total. The molecule has 0 saturated carbocycles. The molecule has 3 rings (SSSR count). The van der Waals surface area contributed by atoms with Crippen molar-refractivity contribution in [1.29, 1.82) is 0 Å². The fourth-order valence-electron chi connectivity index (χ4n) is 2.24. The second-order valence-corrected chi connectivity index (χ2v) is 6.74. The highest BCUT2D eigenvalue weighted by molar-refractivity contribution is 7.90. The smallest absolute Gasteiger partial charge is 0.268 e. The van der Waals surface area contributed by atoms with Gasteiger partial charge in [-0.15, -0.1) is 10.2 Å². The molecule has 2 aromatic heterocycles. The van der Waals surface area contributed by atoms with Crippen molar-refractivity contribution >= 4 is 15.9 Å². The number of amides is 1. The number of aryl methyl sites for hydroxylation is 2. The minimum Gasteiger partial charge on any atom is -0.469 e. The third kappa shape index (κ3) is 2.93. The summed E-state index contributed by atoms with van der Waals surface area (Å²) in [7, 11) is -4.06. The van der Waals surface area contributed by atoms with E-state index in [1.807, 2.05) is 4.72 Å². The van der Waals surface area contributed by atoms with E-state index in [-0.39, 0.29) is 16.3 Å². The van der Waals surface area contributed by atoms with Gasteiger partial charge in [-0.25, -0.2) is 13.1 Å². The number of hydrogen-bond acceptors (Lipinski definition) is 7. The zero-order chi connectivity index (χ0) is 17.3. The number of hydrogen-bond donors (Lipinski definition) is 1. The highest BCUT2D eigenvalue weighted by Crippen LogP contribution is 2.21. The zero-order valence-corrected chi connectivity index (χ0v) is 13.6. The molecule has 0 fully saturated rings. The predicted octanol–water partition coefficient (Wildman–Crippen LogP) is 2.07. The molecular formula is C15H13N3O5S. The van der Waals surface area contributed by atoms with Gasteiger partial charge in [0.25, 0.3) is 15.9 Å². The number of carbonyl (C=O) groups excluding carboxylic acids is 1. The van der Waals surface area contributed by atoms with E-state index in [2.05, 4.69) is 10.2 Å². The van der Waals surface area contributed by atoms with Crippen molar-refractivity contribution in [1.82, 2.24) is 14.9 Å². The van der Waals surface area contributed by atoms with Crippen LogP contribution in [-0.4, -0.2) is 24.5 Å². The second kappa shape index (κ2) is 5.93. The Labute approximate surface area is 137 Å². The first-order chi connectivity index (χ1) is 11.4.